The topological polar surface area (TPSA) is 59.6 Å². The molecule has 0 saturated carbocycles. The number of carbonyl (C=O) groups excluding carboxylic acids is 1. The molecule has 0 heterocycles. The van der Waals surface area contributed by atoms with E-state index < -0.39 is 0 Å². The molecule has 8 heteroatoms. The molecule has 0 aliphatic rings. The molecule has 2 N–H and O–H groups in total. The molecule has 126 valence electrons. The second kappa shape index (κ2) is 8.32. The molecule has 2 aromatic carbocycles. The van der Waals surface area contributed by atoms with Crippen molar-refractivity contribution in [2.24, 2.45) is 0 Å². The number of carbonyl (C=O) groups is 1. The van der Waals surface area contributed by atoms with Crippen LogP contribution in [0.2, 0.25) is 5.02 Å². The lowest BCUT2D eigenvalue weighted by atomic mass is 10.2. The number of rotatable bonds is 4. The van der Waals surface area contributed by atoms with E-state index in [1.165, 1.54) is 7.11 Å². The Morgan fingerprint density at radius 1 is 1.12 bits per heavy atom. The summed E-state index contributed by atoms with van der Waals surface area (Å²) in [5.74, 6) is 0.843. The lowest BCUT2D eigenvalue weighted by molar-refractivity contribution is 0.0977. The summed E-state index contributed by atoms with van der Waals surface area (Å²) in [5.41, 5.74) is 0.996. The standard InChI is InChI=1S/C16H14BrClN2O3S/c1-22-13-5-3-9(7-11(13)17)15(21)20-16(24)19-12-8-10(18)4-6-14(12)23-2/h3-8H,1-2H3,(H2,19,20,21,24). The molecule has 1 amide bonds. The van der Waals surface area contributed by atoms with Crippen molar-refractivity contribution in [3.8, 4) is 11.5 Å². The van der Waals surface area contributed by atoms with E-state index in [9.17, 15) is 4.79 Å². The van der Waals surface area contributed by atoms with Crippen LogP contribution in [0.1, 0.15) is 10.4 Å². The van der Waals surface area contributed by atoms with Crippen LogP contribution in [0.3, 0.4) is 0 Å². The molecule has 0 atom stereocenters. The molecule has 0 bridgehead atoms. The molecule has 2 rings (SSSR count). The van der Waals surface area contributed by atoms with Crippen molar-refractivity contribution < 1.29 is 14.3 Å². The molecule has 0 aliphatic carbocycles. The van der Waals surface area contributed by atoms with Gasteiger partial charge >= 0.3 is 0 Å². The van der Waals surface area contributed by atoms with Gasteiger partial charge in [0.2, 0.25) is 0 Å². The van der Waals surface area contributed by atoms with Gasteiger partial charge < -0.3 is 14.8 Å². The Labute approximate surface area is 158 Å². The molecule has 0 unspecified atom stereocenters. The van der Waals surface area contributed by atoms with E-state index in [1.807, 2.05) is 0 Å². The zero-order valence-corrected chi connectivity index (χ0v) is 16.0. The van der Waals surface area contributed by atoms with Crippen molar-refractivity contribution in [1.82, 2.24) is 5.32 Å². The molecular formula is C16H14BrClN2O3S. The maximum Gasteiger partial charge on any atom is 0.257 e. The third kappa shape index (κ3) is 4.59. The summed E-state index contributed by atoms with van der Waals surface area (Å²) in [6, 6.07) is 10.0. The van der Waals surface area contributed by atoms with Crippen molar-refractivity contribution in [3.05, 3.63) is 51.5 Å². The van der Waals surface area contributed by atoms with Crippen LogP contribution < -0.4 is 20.1 Å². The van der Waals surface area contributed by atoms with Gasteiger partial charge in [-0.25, -0.2) is 0 Å². The molecule has 0 aliphatic heterocycles. The van der Waals surface area contributed by atoms with Gasteiger partial charge in [-0.3, -0.25) is 10.1 Å². The molecule has 5 nitrogen and oxygen atoms in total. The first-order valence-electron chi connectivity index (χ1n) is 6.74. The van der Waals surface area contributed by atoms with Crippen LogP contribution in [0.5, 0.6) is 11.5 Å². The normalized spacial score (nSPS) is 10.0. The second-order valence-electron chi connectivity index (χ2n) is 4.60. The summed E-state index contributed by atoms with van der Waals surface area (Å²) < 4.78 is 11.0. The number of ether oxygens (including phenoxy) is 2. The van der Waals surface area contributed by atoms with Gasteiger partial charge in [-0.1, -0.05) is 11.6 Å². The minimum atomic E-state index is -0.350. The lowest BCUT2D eigenvalue weighted by Gasteiger charge is -2.13. The first kappa shape index (κ1) is 18.5. The van der Waals surface area contributed by atoms with Gasteiger partial charge in [-0.05, 0) is 64.5 Å². The fourth-order valence-electron chi connectivity index (χ4n) is 1.91. The number of methoxy groups -OCH3 is 2. The van der Waals surface area contributed by atoms with Gasteiger partial charge in [0, 0.05) is 10.6 Å². The highest BCUT2D eigenvalue weighted by Gasteiger charge is 2.12. The van der Waals surface area contributed by atoms with E-state index in [4.69, 9.17) is 33.3 Å². The van der Waals surface area contributed by atoms with Crippen molar-refractivity contribution in [2.75, 3.05) is 19.5 Å². The smallest absolute Gasteiger partial charge is 0.257 e. The van der Waals surface area contributed by atoms with E-state index in [-0.39, 0.29) is 11.0 Å². The number of benzene rings is 2. The SMILES string of the molecule is COc1ccc(C(=O)NC(=S)Nc2cc(Cl)ccc2OC)cc1Br. The summed E-state index contributed by atoms with van der Waals surface area (Å²) >= 11 is 14.5. The maximum absolute atomic E-state index is 12.3. The first-order chi connectivity index (χ1) is 11.4. The largest absolute Gasteiger partial charge is 0.496 e. The summed E-state index contributed by atoms with van der Waals surface area (Å²) in [5, 5.41) is 6.15. The Kier molecular flexibility index (Phi) is 6.42. The van der Waals surface area contributed by atoms with Crippen LogP contribution >= 0.6 is 39.7 Å². The van der Waals surface area contributed by atoms with Crippen LogP contribution in [0.25, 0.3) is 0 Å². The highest BCUT2D eigenvalue weighted by Crippen LogP contribution is 2.28. The molecule has 0 aromatic heterocycles. The van der Waals surface area contributed by atoms with Crippen LogP contribution in [0, 0.1) is 0 Å². The number of nitrogens with one attached hydrogen (secondary N) is 2. The molecule has 0 fully saturated rings. The van der Waals surface area contributed by atoms with Gasteiger partial charge in [-0.2, -0.15) is 0 Å². The minimum Gasteiger partial charge on any atom is -0.496 e. The van der Waals surface area contributed by atoms with Crippen molar-refractivity contribution >= 4 is 56.5 Å². The summed E-state index contributed by atoms with van der Waals surface area (Å²) in [4.78, 5) is 12.3. The molecule has 0 saturated heterocycles. The van der Waals surface area contributed by atoms with Crippen molar-refractivity contribution in [2.45, 2.75) is 0 Å². The number of thiocarbonyl (C=S) groups is 1. The average molecular weight is 430 g/mol. The van der Waals surface area contributed by atoms with Crippen molar-refractivity contribution in [3.63, 3.8) is 0 Å². The summed E-state index contributed by atoms with van der Waals surface area (Å²) in [6.07, 6.45) is 0. The Morgan fingerprint density at radius 2 is 1.79 bits per heavy atom. The second-order valence-corrected chi connectivity index (χ2v) is 6.30. The highest BCUT2D eigenvalue weighted by molar-refractivity contribution is 9.10. The Balaban J connectivity index is 2.08. The Bertz CT molecular complexity index is 786. The zero-order valence-electron chi connectivity index (χ0n) is 12.9. The molecule has 0 radical (unpaired) electrons. The fraction of sp³-hybridized carbons (Fsp3) is 0.125. The number of anilines is 1. The van der Waals surface area contributed by atoms with Crippen molar-refractivity contribution in [1.29, 1.82) is 0 Å². The molecular weight excluding hydrogens is 416 g/mol. The third-order valence-corrected chi connectivity index (χ3v) is 4.11. The fourth-order valence-corrected chi connectivity index (χ4v) is 2.83. The number of hydrogen-bond donors (Lipinski definition) is 2. The summed E-state index contributed by atoms with van der Waals surface area (Å²) in [7, 11) is 3.09. The Morgan fingerprint density at radius 3 is 2.42 bits per heavy atom. The highest BCUT2D eigenvalue weighted by atomic mass is 79.9. The van der Waals surface area contributed by atoms with Gasteiger partial charge in [0.05, 0.1) is 24.4 Å². The predicted octanol–water partition coefficient (Wildman–Crippen LogP) is 4.25. The molecule has 2 aromatic rings. The monoisotopic (exact) mass is 428 g/mol. The first-order valence-corrected chi connectivity index (χ1v) is 8.32. The summed E-state index contributed by atoms with van der Waals surface area (Å²) in [6.45, 7) is 0. The predicted molar refractivity (Wildman–Crippen MR) is 102 cm³/mol. The van der Waals surface area contributed by atoms with E-state index in [2.05, 4.69) is 26.6 Å². The van der Waals surface area contributed by atoms with E-state index >= 15 is 0 Å². The van der Waals surface area contributed by atoms with E-state index in [1.54, 1.807) is 43.5 Å². The Hall–Kier alpha value is -1.83. The quantitative estimate of drug-likeness (QED) is 0.712. The van der Waals surface area contributed by atoms with E-state index in [0.717, 1.165) is 0 Å². The van der Waals surface area contributed by atoms with Crippen LogP contribution in [-0.4, -0.2) is 25.2 Å². The van der Waals surface area contributed by atoms with Gasteiger partial charge in [0.15, 0.2) is 5.11 Å². The average Bonchev–Trinajstić information content (AvgIpc) is 2.54. The van der Waals surface area contributed by atoms with Crippen LogP contribution in [0.4, 0.5) is 5.69 Å². The lowest BCUT2D eigenvalue weighted by Crippen LogP contribution is -2.34. The molecule has 0 spiro atoms. The minimum absolute atomic E-state index is 0.132. The van der Waals surface area contributed by atoms with E-state index in [0.29, 0.717) is 32.2 Å². The van der Waals surface area contributed by atoms with Gasteiger partial charge in [0.1, 0.15) is 11.5 Å². The van der Waals surface area contributed by atoms with Crippen LogP contribution in [-0.2, 0) is 0 Å². The maximum atomic E-state index is 12.3. The zero-order chi connectivity index (χ0) is 17.7. The van der Waals surface area contributed by atoms with Gasteiger partial charge in [0.25, 0.3) is 5.91 Å². The molecule has 24 heavy (non-hydrogen) atoms. The number of amides is 1. The number of hydrogen-bond acceptors (Lipinski definition) is 4. The third-order valence-electron chi connectivity index (χ3n) is 3.05. The number of halogens is 2. The van der Waals surface area contributed by atoms with Crippen LogP contribution in [0.15, 0.2) is 40.9 Å². The van der Waals surface area contributed by atoms with Gasteiger partial charge in [-0.15, -0.1) is 0 Å².